The number of aliphatic imine (C=N–C) groups is 2. The number of anilines is 2. The Morgan fingerprint density at radius 2 is 0.985 bits per heavy atom. The number of nitrogens with two attached hydrogens (primary N) is 1. The van der Waals surface area contributed by atoms with Crippen molar-refractivity contribution >= 4 is 55.8 Å². The largest absolute Gasteiger partial charge is 0.399 e. The zero-order valence-corrected chi connectivity index (χ0v) is 39.2. The van der Waals surface area contributed by atoms with Gasteiger partial charge in [-0.15, -0.1) is 0 Å². The lowest BCUT2D eigenvalue weighted by Crippen LogP contribution is -2.46. The summed E-state index contributed by atoms with van der Waals surface area (Å²) < 4.78 is 56.9. The van der Waals surface area contributed by atoms with Crippen LogP contribution in [0.4, 0.5) is 11.4 Å². The topological polar surface area (TPSA) is 193 Å². The molecule has 2 fully saturated rings. The standard InChI is InChI=1S/C24H32N6O2S.C23H30N6O2S/c1-3-26-23(28-33(31,32)22-11-9-21(25-2)10-12-22)30-19-24(18-27-30)13-15-29(16-14-24)17-20-7-5-4-6-8-20;1-2-25-22(27-32(30,31)21-10-8-20(24)9-11-21)29-18-23(17-26-29)12-14-28(15-13-23)16-19-6-4-3-5-7-19/h4-12,18,25H,3,13-17,19H2,1-2H3,(H,26,28);3-11,17H,2,12-16,18,24H2,1H3,(H,25,27). The lowest BCUT2D eigenvalue weighted by Gasteiger charge is -2.37. The zero-order valence-electron chi connectivity index (χ0n) is 37.6. The van der Waals surface area contributed by atoms with Gasteiger partial charge in [-0.1, -0.05) is 60.7 Å². The SMILES string of the molecule is CCN=C(NS(=O)(=O)c1ccc(N)cc1)N1CC2(C=N1)CCN(Cc1ccccc1)CC2.CCN=C(NS(=O)(=O)c1ccc(NC)cc1)N1CC2(C=N1)CCN(Cc1ccccc1)CC2. The Balaban J connectivity index is 0.000000194. The van der Waals surface area contributed by atoms with Crippen LogP contribution in [0.3, 0.4) is 0 Å². The molecule has 0 unspecified atom stereocenters. The highest BCUT2D eigenvalue weighted by Gasteiger charge is 2.41. The van der Waals surface area contributed by atoms with Gasteiger partial charge in [-0.05, 0) is 125 Å². The van der Waals surface area contributed by atoms with Crippen molar-refractivity contribution in [3.63, 3.8) is 0 Å². The molecule has 8 rings (SSSR count). The molecule has 65 heavy (non-hydrogen) atoms. The van der Waals surface area contributed by atoms with Crippen molar-refractivity contribution in [1.29, 1.82) is 0 Å². The van der Waals surface area contributed by atoms with E-state index in [-0.39, 0.29) is 32.5 Å². The van der Waals surface area contributed by atoms with Gasteiger partial charge in [-0.3, -0.25) is 19.8 Å². The molecule has 4 aromatic carbocycles. The molecule has 2 saturated heterocycles. The van der Waals surface area contributed by atoms with Crippen LogP contribution in [0.25, 0.3) is 0 Å². The molecule has 0 aromatic heterocycles. The van der Waals surface area contributed by atoms with Crippen LogP contribution in [0.1, 0.15) is 50.7 Å². The number of hydrazone groups is 2. The van der Waals surface area contributed by atoms with Crippen LogP contribution in [-0.2, 0) is 33.1 Å². The van der Waals surface area contributed by atoms with Crippen molar-refractivity contribution < 1.29 is 16.8 Å². The third-order valence-electron chi connectivity index (χ3n) is 12.3. The first-order chi connectivity index (χ1) is 31.3. The third kappa shape index (κ3) is 12.3. The number of nitrogens with one attached hydrogen (secondary N) is 3. The Hall–Kier alpha value is -5.82. The van der Waals surface area contributed by atoms with E-state index >= 15 is 0 Å². The van der Waals surface area contributed by atoms with Gasteiger partial charge in [0.1, 0.15) is 0 Å². The summed E-state index contributed by atoms with van der Waals surface area (Å²) in [5, 5.41) is 15.5. The van der Waals surface area contributed by atoms with Crippen LogP contribution in [0.5, 0.6) is 0 Å². The second-order valence-electron chi connectivity index (χ2n) is 17.0. The molecule has 0 aliphatic carbocycles. The van der Waals surface area contributed by atoms with Gasteiger partial charge in [0.15, 0.2) is 0 Å². The van der Waals surface area contributed by atoms with Crippen LogP contribution < -0.4 is 20.5 Å². The molecule has 0 amide bonds. The minimum absolute atomic E-state index is 0.0540. The molecule has 0 atom stereocenters. The highest BCUT2D eigenvalue weighted by Crippen LogP contribution is 2.36. The summed E-state index contributed by atoms with van der Waals surface area (Å²) in [4.78, 5) is 14.1. The molecule has 18 heteroatoms. The minimum Gasteiger partial charge on any atom is -0.399 e. The van der Waals surface area contributed by atoms with Gasteiger partial charge in [0.05, 0.1) is 22.9 Å². The number of sulfonamides is 2. The minimum atomic E-state index is -3.78. The maximum Gasteiger partial charge on any atom is 0.264 e. The van der Waals surface area contributed by atoms with Crippen molar-refractivity contribution in [2.24, 2.45) is 31.0 Å². The zero-order chi connectivity index (χ0) is 45.9. The van der Waals surface area contributed by atoms with Crippen LogP contribution in [-0.4, -0.2) is 120 Å². The highest BCUT2D eigenvalue weighted by molar-refractivity contribution is 7.90. The monoisotopic (exact) mass is 922 g/mol. The van der Waals surface area contributed by atoms with Gasteiger partial charge >= 0.3 is 0 Å². The molecular formula is C47H62N12O4S2. The Kier molecular flexibility index (Phi) is 15.2. The maximum atomic E-state index is 13.0. The Morgan fingerprint density at radius 1 is 0.600 bits per heavy atom. The number of piperidine rings is 2. The first-order valence-corrected chi connectivity index (χ1v) is 25.2. The van der Waals surface area contributed by atoms with Crippen LogP contribution in [0.2, 0.25) is 0 Å². The number of guanidine groups is 2. The Morgan fingerprint density at radius 3 is 1.35 bits per heavy atom. The second kappa shape index (κ2) is 21.0. The van der Waals surface area contributed by atoms with Crippen LogP contribution in [0, 0.1) is 10.8 Å². The van der Waals surface area contributed by atoms with E-state index in [4.69, 9.17) is 5.73 Å². The molecule has 5 N–H and O–H groups in total. The predicted molar refractivity (Wildman–Crippen MR) is 261 cm³/mol. The molecule has 4 heterocycles. The van der Waals surface area contributed by atoms with E-state index in [9.17, 15) is 16.8 Å². The van der Waals surface area contributed by atoms with Crippen molar-refractivity contribution in [3.8, 4) is 0 Å². The average Bonchev–Trinajstić information content (AvgIpc) is 3.93. The molecule has 0 radical (unpaired) electrons. The summed E-state index contributed by atoms with van der Waals surface area (Å²) >= 11 is 0. The second-order valence-corrected chi connectivity index (χ2v) is 20.4. The summed E-state index contributed by atoms with van der Waals surface area (Å²) in [5.74, 6) is 0.527. The average molecular weight is 923 g/mol. The maximum absolute atomic E-state index is 13.0. The van der Waals surface area contributed by atoms with E-state index in [1.165, 1.54) is 23.3 Å². The molecule has 346 valence electrons. The summed E-state index contributed by atoms with van der Waals surface area (Å²) in [5.41, 5.74) is 9.57. The summed E-state index contributed by atoms with van der Waals surface area (Å²) in [6, 6.07) is 33.7. The van der Waals surface area contributed by atoms with Gasteiger partial charge in [0.2, 0.25) is 11.9 Å². The molecule has 2 spiro atoms. The number of nitrogen functional groups attached to an aromatic ring is 1. The van der Waals surface area contributed by atoms with Gasteiger partial charge in [0.25, 0.3) is 20.0 Å². The first-order valence-electron chi connectivity index (χ1n) is 22.3. The number of nitrogens with zero attached hydrogens (tertiary/aromatic N) is 8. The van der Waals surface area contributed by atoms with Gasteiger partial charge in [0, 0.05) is 67.9 Å². The highest BCUT2D eigenvalue weighted by atomic mass is 32.2. The number of likely N-dealkylation sites (tertiary alicyclic amines) is 2. The van der Waals surface area contributed by atoms with Crippen molar-refractivity contribution in [1.82, 2.24) is 29.3 Å². The van der Waals surface area contributed by atoms with E-state index in [1.54, 1.807) is 53.5 Å². The lowest BCUT2D eigenvalue weighted by molar-refractivity contribution is 0.141. The Labute approximate surface area is 384 Å². The summed E-state index contributed by atoms with van der Waals surface area (Å²) in [6.45, 7) is 11.7. The molecule has 0 bridgehead atoms. The van der Waals surface area contributed by atoms with E-state index in [0.717, 1.165) is 70.6 Å². The molecule has 4 aliphatic heterocycles. The quantitative estimate of drug-likeness (QED) is 0.0852. The van der Waals surface area contributed by atoms with E-state index in [1.807, 2.05) is 38.4 Å². The van der Waals surface area contributed by atoms with Gasteiger partial charge < -0.3 is 11.1 Å². The fourth-order valence-corrected chi connectivity index (χ4v) is 10.5. The predicted octanol–water partition coefficient (Wildman–Crippen LogP) is 5.47. The van der Waals surface area contributed by atoms with E-state index in [0.29, 0.717) is 31.9 Å². The smallest absolute Gasteiger partial charge is 0.264 e. The van der Waals surface area contributed by atoms with Crippen LogP contribution >= 0.6 is 0 Å². The van der Waals surface area contributed by atoms with E-state index in [2.05, 4.69) is 93.3 Å². The Bertz CT molecular complexity index is 2520. The van der Waals surface area contributed by atoms with Crippen molar-refractivity contribution in [2.45, 2.75) is 62.4 Å². The fraction of sp³-hybridized carbons (Fsp3) is 0.404. The number of hydrogen-bond donors (Lipinski definition) is 4. The fourth-order valence-electron chi connectivity index (χ4n) is 8.41. The van der Waals surface area contributed by atoms with Gasteiger partial charge in [-0.25, -0.2) is 36.3 Å². The lowest BCUT2D eigenvalue weighted by atomic mass is 9.80. The molecule has 4 aliphatic rings. The summed E-state index contributed by atoms with van der Waals surface area (Å²) in [6.07, 6.45) is 7.90. The number of benzene rings is 4. The molecule has 4 aromatic rings. The molecule has 0 saturated carbocycles. The van der Waals surface area contributed by atoms with Crippen LogP contribution in [0.15, 0.2) is 139 Å². The van der Waals surface area contributed by atoms with Crippen molar-refractivity contribution in [3.05, 3.63) is 120 Å². The third-order valence-corrected chi connectivity index (χ3v) is 15.0. The summed E-state index contributed by atoms with van der Waals surface area (Å²) in [7, 11) is -5.75. The normalized spacial score (nSPS) is 18.8. The first kappa shape index (κ1) is 47.2. The molecule has 16 nitrogen and oxygen atoms in total. The number of hydrogen-bond acceptors (Lipinski definition) is 12. The van der Waals surface area contributed by atoms with Gasteiger partial charge in [-0.2, -0.15) is 10.2 Å². The molecular weight excluding hydrogens is 861 g/mol. The van der Waals surface area contributed by atoms with E-state index < -0.39 is 20.0 Å². The number of rotatable bonds is 11. The van der Waals surface area contributed by atoms with Crippen molar-refractivity contribution in [2.75, 3.05) is 70.5 Å².